The molecule has 1 fully saturated rings. The average molecular weight is 293 g/mol. The highest BCUT2D eigenvalue weighted by molar-refractivity contribution is 5.95. The number of hydrogen-bond donors (Lipinski definition) is 2. The molecule has 7 nitrogen and oxygen atoms in total. The highest BCUT2D eigenvalue weighted by atomic mass is 16.6. The van der Waals surface area contributed by atoms with Crippen molar-refractivity contribution in [1.82, 2.24) is 4.90 Å². The van der Waals surface area contributed by atoms with E-state index >= 15 is 0 Å². The summed E-state index contributed by atoms with van der Waals surface area (Å²) in [5, 5.41) is 23.2. The Morgan fingerprint density at radius 3 is 2.81 bits per heavy atom. The average Bonchev–Trinajstić information content (AvgIpc) is 2.41. The number of nitrogens with zero attached hydrogens (tertiary/aromatic N) is 2. The summed E-state index contributed by atoms with van der Waals surface area (Å²) in [6.45, 7) is 3.99. The zero-order valence-corrected chi connectivity index (χ0v) is 12.1. The van der Waals surface area contributed by atoms with Crippen LogP contribution in [-0.2, 0) is 0 Å². The molecule has 1 aliphatic heterocycles. The molecule has 7 heteroatoms. The highest BCUT2D eigenvalue weighted by Crippen LogP contribution is 2.26. The molecule has 1 aliphatic rings. The Bertz CT molecular complexity index is 561. The predicted octanol–water partition coefficient (Wildman–Crippen LogP) is 2.05. The van der Waals surface area contributed by atoms with E-state index in [-0.39, 0.29) is 17.3 Å². The van der Waals surface area contributed by atoms with Gasteiger partial charge < -0.3 is 15.3 Å². The number of piperidine rings is 1. The number of likely N-dealkylation sites (tertiary alicyclic amines) is 1. The molecule has 2 N–H and O–H groups in total. The summed E-state index contributed by atoms with van der Waals surface area (Å²) in [4.78, 5) is 23.7. The SMILES string of the molecule is CC1CN(C)CCC1Nc1ccc([N+](=O)[O-])cc1C(=O)O. The first-order valence-electron chi connectivity index (χ1n) is 6.85. The van der Waals surface area contributed by atoms with Gasteiger partial charge in [-0.05, 0) is 32.0 Å². The lowest BCUT2D eigenvalue weighted by molar-refractivity contribution is -0.384. The van der Waals surface area contributed by atoms with Gasteiger partial charge >= 0.3 is 5.97 Å². The Hall–Kier alpha value is -2.15. The van der Waals surface area contributed by atoms with Gasteiger partial charge in [-0.25, -0.2) is 4.79 Å². The third-order valence-corrected chi connectivity index (χ3v) is 3.89. The molecule has 2 atom stereocenters. The minimum Gasteiger partial charge on any atom is -0.478 e. The molecular formula is C14H19N3O4. The van der Waals surface area contributed by atoms with Crippen LogP contribution in [0.3, 0.4) is 0 Å². The predicted molar refractivity (Wildman–Crippen MR) is 78.7 cm³/mol. The third-order valence-electron chi connectivity index (χ3n) is 3.89. The van der Waals surface area contributed by atoms with Crippen LogP contribution in [0.5, 0.6) is 0 Å². The van der Waals surface area contributed by atoms with Crippen LogP contribution in [-0.4, -0.2) is 47.1 Å². The maximum Gasteiger partial charge on any atom is 0.338 e. The van der Waals surface area contributed by atoms with Crippen molar-refractivity contribution < 1.29 is 14.8 Å². The molecule has 2 unspecified atom stereocenters. The number of benzene rings is 1. The van der Waals surface area contributed by atoms with Gasteiger partial charge in [0.1, 0.15) is 0 Å². The smallest absolute Gasteiger partial charge is 0.338 e. The van der Waals surface area contributed by atoms with Crippen molar-refractivity contribution in [3.05, 3.63) is 33.9 Å². The number of rotatable bonds is 4. The second-order valence-corrected chi connectivity index (χ2v) is 5.57. The molecular weight excluding hydrogens is 274 g/mol. The number of aromatic carboxylic acids is 1. The lowest BCUT2D eigenvalue weighted by atomic mass is 9.93. The fourth-order valence-electron chi connectivity index (χ4n) is 2.72. The number of non-ortho nitro benzene ring substituents is 1. The van der Waals surface area contributed by atoms with Crippen molar-refractivity contribution in [3.63, 3.8) is 0 Å². The largest absolute Gasteiger partial charge is 0.478 e. The normalized spacial score (nSPS) is 22.8. The summed E-state index contributed by atoms with van der Waals surface area (Å²) in [5.41, 5.74) is 0.166. The van der Waals surface area contributed by atoms with Crippen LogP contribution >= 0.6 is 0 Å². The van der Waals surface area contributed by atoms with E-state index < -0.39 is 10.9 Å². The summed E-state index contributed by atoms with van der Waals surface area (Å²) in [6, 6.07) is 4.08. The van der Waals surface area contributed by atoms with E-state index in [0.717, 1.165) is 25.6 Å². The number of carboxylic acid groups (broad SMARTS) is 1. The molecule has 0 amide bonds. The van der Waals surface area contributed by atoms with Crippen molar-refractivity contribution in [2.45, 2.75) is 19.4 Å². The Kier molecular flexibility index (Phi) is 4.42. The van der Waals surface area contributed by atoms with Crippen LogP contribution in [0, 0.1) is 16.0 Å². The molecule has 0 aliphatic carbocycles. The van der Waals surface area contributed by atoms with Crippen LogP contribution in [0.4, 0.5) is 11.4 Å². The number of carbonyl (C=O) groups is 1. The van der Waals surface area contributed by atoms with Crippen molar-refractivity contribution in [1.29, 1.82) is 0 Å². The Balaban J connectivity index is 2.23. The second-order valence-electron chi connectivity index (χ2n) is 5.57. The fourth-order valence-corrected chi connectivity index (χ4v) is 2.72. The minimum atomic E-state index is -1.17. The van der Waals surface area contributed by atoms with E-state index in [1.54, 1.807) is 0 Å². The van der Waals surface area contributed by atoms with Gasteiger partial charge in [0, 0.05) is 30.4 Å². The Morgan fingerprint density at radius 1 is 1.52 bits per heavy atom. The van der Waals surface area contributed by atoms with Gasteiger partial charge in [0.2, 0.25) is 0 Å². The number of nitrogens with one attached hydrogen (secondary N) is 1. The van der Waals surface area contributed by atoms with E-state index in [9.17, 15) is 20.0 Å². The van der Waals surface area contributed by atoms with Gasteiger partial charge in [0.05, 0.1) is 10.5 Å². The van der Waals surface area contributed by atoms with E-state index in [2.05, 4.69) is 24.2 Å². The van der Waals surface area contributed by atoms with Crippen LogP contribution in [0.25, 0.3) is 0 Å². The molecule has 2 rings (SSSR count). The van der Waals surface area contributed by atoms with E-state index in [1.807, 2.05) is 0 Å². The summed E-state index contributed by atoms with van der Waals surface area (Å²) in [7, 11) is 2.06. The maximum atomic E-state index is 11.3. The monoisotopic (exact) mass is 293 g/mol. The topological polar surface area (TPSA) is 95.7 Å². The lowest BCUT2D eigenvalue weighted by Gasteiger charge is -2.36. The number of anilines is 1. The minimum absolute atomic E-state index is 0.0599. The Morgan fingerprint density at radius 2 is 2.24 bits per heavy atom. The molecule has 0 spiro atoms. The summed E-state index contributed by atoms with van der Waals surface area (Å²) in [6.07, 6.45) is 0.910. The van der Waals surface area contributed by atoms with Crippen LogP contribution in [0.15, 0.2) is 18.2 Å². The standard InChI is InChI=1S/C14H19N3O4/c1-9-8-16(2)6-5-12(9)15-13-4-3-10(17(20)21)7-11(13)14(18)19/h3-4,7,9,12,15H,5-6,8H2,1-2H3,(H,18,19). The second kappa shape index (κ2) is 6.09. The molecule has 1 heterocycles. The van der Waals surface area contributed by atoms with Crippen molar-refractivity contribution in [3.8, 4) is 0 Å². The molecule has 0 saturated carbocycles. The Labute approximate surface area is 122 Å². The van der Waals surface area contributed by atoms with Gasteiger partial charge in [0.15, 0.2) is 0 Å². The van der Waals surface area contributed by atoms with Crippen molar-refractivity contribution >= 4 is 17.3 Å². The van der Waals surface area contributed by atoms with E-state index in [1.165, 1.54) is 12.1 Å². The van der Waals surface area contributed by atoms with Gasteiger partial charge in [-0.1, -0.05) is 6.92 Å². The first kappa shape index (κ1) is 15.2. The lowest BCUT2D eigenvalue weighted by Crippen LogP contribution is -2.43. The van der Waals surface area contributed by atoms with Crippen LogP contribution in [0.2, 0.25) is 0 Å². The van der Waals surface area contributed by atoms with Crippen molar-refractivity contribution in [2.24, 2.45) is 5.92 Å². The molecule has 0 aromatic heterocycles. The molecule has 1 aromatic carbocycles. The first-order valence-corrected chi connectivity index (χ1v) is 6.85. The van der Waals surface area contributed by atoms with E-state index in [4.69, 9.17) is 0 Å². The van der Waals surface area contributed by atoms with Crippen molar-refractivity contribution in [2.75, 3.05) is 25.5 Å². The molecule has 1 aromatic rings. The maximum absolute atomic E-state index is 11.3. The van der Waals surface area contributed by atoms with E-state index in [0.29, 0.717) is 11.6 Å². The summed E-state index contributed by atoms with van der Waals surface area (Å²) < 4.78 is 0. The quantitative estimate of drug-likeness (QED) is 0.651. The molecule has 21 heavy (non-hydrogen) atoms. The zero-order valence-electron chi connectivity index (χ0n) is 12.1. The number of nitro benzene ring substituents is 1. The number of hydrogen-bond acceptors (Lipinski definition) is 5. The molecule has 114 valence electrons. The first-order chi connectivity index (χ1) is 9.88. The summed E-state index contributed by atoms with van der Waals surface area (Å²) >= 11 is 0. The molecule has 1 saturated heterocycles. The van der Waals surface area contributed by atoms with Gasteiger partial charge in [0.25, 0.3) is 5.69 Å². The number of carboxylic acids is 1. The van der Waals surface area contributed by atoms with Crippen LogP contribution < -0.4 is 5.32 Å². The molecule has 0 bridgehead atoms. The van der Waals surface area contributed by atoms with Gasteiger partial charge in [-0.15, -0.1) is 0 Å². The number of nitro groups is 1. The fraction of sp³-hybridized carbons (Fsp3) is 0.500. The van der Waals surface area contributed by atoms with Crippen LogP contribution in [0.1, 0.15) is 23.7 Å². The molecule has 0 radical (unpaired) electrons. The zero-order chi connectivity index (χ0) is 15.6. The van der Waals surface area contributed by atoms with Gasteiger partial charge in [-0.3, -0.25) is 10.1 Å². The summed E-state index contributed by atoms with van der Waals surface area (Å²) in [5.74, 6) is -0.789. The highest BCUT2D eigenvalue weighted by Gasteiger charge is 2.26. The van der Waals surface area contributed by atoms with Gasteiger partial charge in [-0.2, -0.15) is 0 Å². The third kappa shape index (κ3) is 3.49.